The summed E-state index contributed by atoms with van der Waals surface area (Å²) < 4.78 is 21.6. The van der Waals surface area contributed by atoms with E-state index in [9.17, 15) is 4.39 Å². The van der Waals surface area contributed by atoms with Crippen molar-refractivity contribution < 1.29 is 9.13 Å². The molecule has 0 unspecified atom stereocenters. The van der Waals surface area contributed by atoms with Crippen molar-refractivity contribution in [1.29, 1.82) is 0 Å². The molecule has 0 saturated carbocycles. The minimum Gasteiger partial charge on any atom is -0.376 e. The Kier molecular flexibility index (Phi) is 5.69. The number of benzene rings is 1. The number of aryl methyl sites for hydroxylation is 1. The molecule has 0 aliphatic carbocycles. The molecule has 2 aliphatic heterocycles. The van der Waals surface area contributed by atoms with Gasteiger partial charge in [-0.3, -0.25) is 4.98 Å². The summed E-state index contributed by atoms with van der Waals surface area (Å²) in [7, 11) is 0. The molecule has 2 fully saturated rings. The van der Waals surface area contributed by atoms with Gasteiger partial charge in [0.25, 0.3) is 0 Å². The summed E-state index contributed by atoms with van der Waals surface area (Å²) in [5.41, 5.74) is 5.30. The third-order valence-corrected chi connectivity index (χ3v) is 6.85. The van der Waals surface area contributed by atoms with E-state index in [4.69, 9.17) is 17.0 Å². The van der Waals surface area contributed by atoms with Crippen LogP contribution in [0.4, 0.5) is 4.39 Å². The van der Waals surface area contributed by atoms with E-state index in [1.807, 2.05) is 36.5 Å². The summed E-state index contributed by atoms with van der Waals surface area (Å²) in [6, 6.07) is 14.8. The highest BCUT2D eigenvalue weighted by molar-refractivity contribution is 7.80. The zero-order chi connectivity index (χ0) is 22.2. The Morgan fingerprint density at radius 1 is 1.19 bits per heavy atom. The average molecular weight is 451 g/mol. The van der Waals surface area contributed by atoms with Crippen molar-refractivity contribution in [1.82, 2.24) is 19.8 Å². The molecule has 2 saturated heterocycles. The van der Waals surface area contributed by atoms with E-state index in [0.29, 0.717) is 0 Å². The first-order chi connectivity index (χ1) is 15.5. The fourth-order valence-corrected chi connectivity index (χ4v) is 5.34. The minimum atomic E-state index is -0.236. The van der Waals surface area contributed by atoms with Gasteiger partial charge in [0, 0.05) is 36.4 Å². The zero-order valence-corrected chi connectivity index (χ0v) is 19.1. The van der Waals surface area contributed by atoms with Gasteiger partial charge in [-0.15, -0.1) is 0 Å². The molecule has 0 bridgehead atoms. The predicted octanol–water partition coefficient (Wildman–Crippen LogP) is 4.78. The van der Waals surface area contributed by atoms with Crippen molar-refractivity contribution in [3.8, 4) is 5.69 Å². The summed E-state index contributed by atoms with van der Waals surface area (Å²) in [5.74, 6) is -0.236. The summed E-state index contributed by atoms with van der Waals surface area (Å²) in [6.07, 6.45) is 4.14. The first kappa shape index (κ1) is 21.1. The van der Waals surface area contributed by atoms with Gasteiger partial charge in [-0.2, -0.15) is 0 Å². The molecule has 3 aromatic rings. The van der Waals surface area contributed by atoms with Crippen LogP contribution in [-0.2, 0) is 4.74 Å². The Labute approximate surface area is 193 Å². The first-order valence-corrected chi connectivity index (χ1v) is 11.5. The maximum absolute atomic E-state index is 13.5. The highest BCUT2D eigenvalue weighted by Gasteiger charge is 2.42. The number of nitrogens with one attached hydrogen (secondary N) is 1. The topological polar surface area (TPSA) is 42.3 Å². The SMILES string of the molecule is Cc1cc([C@H]2[C@@H](c3ccccn3)NC(=S)N2C[C@@H]2CCCO2)c(C)n1-c1ccc(F)cc1. The number of hydrogen-bond acceptors (Lipinski definition) is 3. The molecule has 1 N–H and O–H groups in total. The molecule has 2 aromatic heterocycles. The summed E-state index contributed by atoms with van der Waals surface area (Å²) in [4.78, 5) is 6.90. The lowest BCUT2D eigenvalue weighted by molar-refractivity contribution is 0.0842. The fourth-order valence-electron chi connectivity index (χ4n) is 5.02. The second-order valence-electron chi connectivity index (χ2n) is 8.55. The Morgan fingerprint density at radius 3 is 2.69 bits per heavy atom. The van der Waals surface area contributed by atoms with Gasteiger partial charge >= 0.3 is 0 Å². The average Bonchev–Trinajstić information content (AvgIpc) is 3.49. The number of aromatic nitrogens is 2. The Hall–Kier alpha value is -2.77. The molecule has 0 radical (unpaired) electrons. The maximum Gasteiger partial charge on any atom is 0.170 e. The number of rotatable bonds is 5. The minimum absolute atomic E-state index is 0.0120. The van der Waals surface area contributed by atoms with Crippen LogP contribution in [0.25, 0.3) is 5.69 Å². The summed E-state index contributed by atoms with van der Waals surface area (Å²) in [5, 5.41) is 4.26. The second kappa shape index (κ2) is 8.64. The van der Waals surface area contributed by atoms with Crippen molar-refractivity contribution in [3.05, 3.63) is 83.2 Å². The molecule has 1 aromatic carbocycles. The second-order valence-corrected chi connectivity index (χ2v) is 8.94. The molecule has 32 heavy (non-hydrogen) atoms. The fraction of sp³-hybridized carbons (Fsp3) is 0.360. The Balaban J connectivity index is 1.58. The molecule has 0 amide bonds. The lowest BCUT2D eigenvalue weighted by atomic mass is 9.96. The van der Waals surface area contributed by atoms with Gasteiger partial charge in [-0.05, 0) is 86.9 Å². The van der Waals surface area contributed by atoms with E-state index in [0.717, 1.165) is 53.9 Å². The maximum atomic E-state index is 13.5. The zero-order valence-electron chi connectivity index (χ0n) is 18.3. The summed E-state index contributed by atoms with van der Waals surface area (Å²) in [6.45, 7) is 5.76. The van der Waals surface area contributed by atoms with Crippen LogP contribution in [0.15, 0.2) is 54.7 Å². The van der Waals surface area contributed by atoms with E-state index in [2.05, 4.69) is 39.7 Å². The highest BCUT2D eigenvalue weighted by atomic mass is 32.1. The molecular weight excluding hydrogens is 423 g/mol. The van der Waals surface area contributed by atoms with Gasteiger partial charge in [0.2, 0.25) is 0 Å². The summed E-state index contributed by atoms with van der Waals surface area (Å²) >= 11 is 5.80. The first-order valence-electron chi connectivity index (χ1n) is 11.1. The molecule has 166 valence electrons. The van der Waals surface area contributed by atoms with Crippen molar-refractivity contribution in [2.75, 3.05) is 13.2 Å². The van der Waals surface area contributed by atoms with Crippen molar-refractivity contribution in [2.24, 2.45) is 0 Å². The van der Waals surface area contributed by atoms with Gasteiger partial charge in [0.05, 0.1) is 23.9 Å². The van der Waals surface area contributed by atoms with Gasteiger partial charge in [0.1, 0.15) is 5.82 Å². The van der Waals surface area contributed by atoms with Gasteiger partial charge in [-0.25, -0.2) is 4.39 Å². The lowest BCUT2D eigenvalue weighted by Gasteiger charge is -2.30. The molecule has 3 atom stereocenters. The standard InChI is InChI=1S/C25H27FN4OS/c1-16-14-21(17(2)30(16)19-10-8-18(26)9-11-19)24-23(22-7-3-4-12-27-22)28-25(32)29(24)15-20-6-5-13-31-20/h3-4,7-12,14,20,23-24H,5-6,13,15H2,1-2H3,(H,28,32)/t20-,23+,24-/m0/s1. The Morgan fingerprint density at radius 2 is 2.00 bits per heavy atom. The molecule has 2 aliphatic rings. The quantitative estimate of drug-likeness (QED) is 0.567. The molecule has 5 nitrogen and oxygen atoms in total. The van der Waals surface area contributed by atoms with Crippen molar-refractivity contribution in [3.63, 3.8) is 0 Å². The van der Waals surface area contributed by atoms with Crippen LogP contribution < -0.4 is 5.32 Å². The smallest absolute Gasteiger partial charge is 0.170 e. The largest absolute Gasteiger partial charge is 0.376 e. The van der Waals surface area contributed by atoms with E-state index in [1.165, 1.54) is 17.7 Å². The molecule has 5 rings (SSSR count). The molecular formula is C25H27FN4OS. The van der Waals surface area contributed by atoms with Crippen LogP contribution in [0.5, 0.6) is 0 Å². The highest BCUT2D eigenvalue weighted by Crippen LogP contribution is 2.41. The lowest BCUT2D eigenvalue weighted by Crippen LogP contribution is -2.36. The third kappa shape index (κ3) is 3.80. The molecule has 0 spiro atoms. The number of nitrogens with zero attached hydrogens (tertiary/aromatic N) is 3. The van der Waals surface area contributed by atoms with E-state index in [-0.39, 0.29) is 24.0 Å². The van der Waals surface area contributed by atoms with Gasteiger partial charge in [-0.1, -0.05) is 6.07 Å². The van der Waals surface area contributed by atoms with E-state index in [1.54, 1.807) is 0 Å². The number of thiocarbonyl (C=S) groups is 1. The predicted molar refractivity (Wildman–Crippen MR) is 126 cm³/mol. The number of halogens is 1. The number of pyridine rings is 1. The number of ether oxygens (including phenoxy) is 1. The van der Waals surface area contributed by atoms with Crippen LogP contribution in [0.3, 0.4) is 0 Å². The van der Waals surface area contributed by atoms with Crippen LogP contribution >= 0.6 is 12.2 Å². The molecule has 7 heteroatoms. The van der Waals surface area contributed by atoms with Crippen molar-refractivity contribution in [2.45, 2.75) is 44.9 Å². The van der Waals surface area contributed by atoms with Crippen LogP contribution in [-0.4, -0.2) is 38.8 Å². The van der Waals surface area contributed by atoms with Crippen LogP contribution in [0.2, 0.25) is 0 Å². The monoisotopic (exact) mass is 450 g/mol. The van der Waals surface area contributed by atoms with Crippen molar-refractivity contribution >= 4 is 17.3 Å². The third-order valence-electron chi connectivity index (χ3n) is 6.50. The molecule has 4 heterocycles. The van der Waals surface area contributed by atoms with Crippen LogP contribution in [0, 0.1) is 19.7 Å². The van der Waals surface area contributed by atoms with E-state index >= 15 is 0 Å². The normalized spacial score (nSPS) is 23.0. The van der Waals surface area contributed by atoms with E-state index < -0.39 is 0 Å². The van der Waals surface area contributed by atoms with Crippen LogP contribution in [0.1, 0.15) is 47.6 Å². The Bertz CT molecular complexity index is 1110. The number of hydrogen-bond donors (Lipinski definition) is 1. The van der Waals surface area contributed by atoms with Gasteiger partial charge in [0.15, 0.2) is 5.11 Å². The van der Waals surface area contributed by atoms with Gasteiger partial charge < -0.3 is 19.5 Å².